The van der Waals surface area contributed by atoms with Gasteiger partial charge in [0.15, 0.2) is 0 Å². The summed E-state index contributed by atoms with van der Waals surface area (Å²) in [7, 11) is 0. The molecule has 15 heavy (non-hydrogen) atoms. The van der Waals surface area contributed by atoms with E-state index in [1.54, 1.807) is 0 Å². The summed E-state index contributed by atoms with van der Waals surface area (Å²) in [5.74, 6) is 1.25. The van der Waals surface area contributed by atoms with E-state index in [9.17, 15) is 0 Å². The largest absolute Gasteiger partial charge is 0.330 e. The first kappa shape index (κ1) is 12.3. The highest BCUT2D eigenvalue weighted by molar-refractivity contribution is 5.25. The van der Waals surface area contributed by atoms with Crippen molar-refractivity contribution in [3.05, 3.63) is 35.4 Å². The number of hydrogen-bond acceptors (Lipinski definition) is 1. The maximum absolute atomic E-state index is 5.89. The fraction of sp³-hybridized carbons (Fsp3) is 0.571. The molecule has 84 valence electrons. The Morgan fingerprint density at radius 3 is 2.00 bits per heavy atom. The van der Waals surface area contributed by atoms with Gasteiger partial charge in [0, 0.05) is 0 Å². The Balaban J connectivity index is 2.86. The van der Waals surface area contributed by atoms with Crippen molar-refractivity contribution in [1.29, 1.82) is 0 Å². The molecular formula is C14H23N. The smallest absolute Gasteiger partial charge is 0.000557 e. The Morgan fingerprint density at radius 1 is 1.07 bits per heavy atom. The standard InChI is InChI=1S/C14H23N/c1-4-12(5-2)14(10-15)13-8-6-11(3)7-9-13/h6-9,12,14H,4-5,10,15H2,1-3H3. The monoisotopic (exact) mass is 205 g/mol. The summed E-state index contributed by atoms with van der Waals surface area (Å²) in [6, 6.07) is 8.82. The second-order valence-corrected chi connectivity index (χ2v) is 4.33. The Morgan fingerprint density at radius 2 is 1.60 bits per heavy atom. The normalized spacial score (nSPS) is 13.1. The van der Waals surface area contributed by atoms with E-state index in [-0.39, 0.29) is 0 Å². The molecule has 1 heteroatoms. The van der Waals surface area contributed by atoms with Gasteiger partial charge in [0.05, 0.1) is 0 Å². The predicted octanol–water partition coefficient (Wildman–Crippen LogP) is 3.47. The van der Waals surface area contributed by atoms with Crippen molar-refractivity contribution in [3.8, 4) is 0 Å². The molecular weight excluding hydrogens is 182 g/mol. The Hall–Kier alpha value is -0.820. The molecule has 1 rings (SSSR count). The van der Waals surface area contributed by atoms with E-state index < -0.39 is 0 Å². The molecule has 0 bridgehead atoms. The highest BCUT2D eigenvalue weighted by Crippen LogP contribution is 2.28. The molecule has 0 aromatic heterocycles. The van der Waals surface area contributed by atoms with Crippen LogP contribution in [0.5, 0.6) is 0 Å². The lowest BCUT2D eigenvalue weighted by atomic mass is 9.82. The quantitative estimate of drug-likeness (QED) is 0.782. The third-order valence-corrected chi connectivity index (χ3v) is 3.38. The van der Waals surface area contributed by atoms with Gasteiger partial charge in [-0.15, -0.1) is 0 Å². The lowest BCUT2D eigenvalue weighted by Crippen LogP contribution is -2.20. The zero-order valence-electron chi connectivity index (χ0n) is 10.2. The molecule has 1 nitrogen and oxygen atoms in total. The average molecular weight is 205 g/mol. The molecule has 0 aliphatic heterocycles. The summed E-state index contributed by atoms with van der Waals surface area (Å²) in [5, 5.41) is 0. The van der Waals surface area contributed by atoms with Gasteiger partial charge < -0.3 is 5.73 Å². The SMILES string of the molecule is CCC(CC)C(CN)c1ccc(C)cc1. The first-order valence-corrected chi connectivity index (χ1v) is 5.99. The van der Waals surface area contributed by atoms with Crippen molar-refractivity contribution < 1.29 is 0 Å². The molecule has 0 aliphatic carbocycles. The molecule has 0 spiro atoms. The maximum atomic E-state index is 5.89. The van der Waals surface area contributed by atoms with Gasteiger partial charge in [-0.05, 0) is 30.9 Å². The van der Waals surface area contributed by atoms with Gasteiger partial charge >= 0.3 is 0 Å². The van der Waals surface area contributed by atoms with Crippen LogP contribution in [0.1, 0.15) is 43.7 Å². The lowest BCUT2D eigenvalue weighted by Gasteiger charge is -2.24. The first-order valence-electron chi connectivity index (χ1n) is 5.99. The Bertz CT molecular complexity index is 272. The number of benzene rings is 1. The van der Waals surface area contributed by atoms with Gasteiger partial charge in [0.1, 0.15) is 0 Å². The van der Waals surface area contributed by atoms with Crippen molar-refractivity contribution in [2.75, 3.05) is 6.54 Å². The summed E-state index contributed by atoms with van der Waals surface area (Å²) < 4.78 is 0. The van der Waals surface area contributed by atoms with Gasteiger partial charge in [-0.25, -0.2) is 0 Å². The molecule has 0 amide bonds. The number of nitrogens with two attached hydrogens (primary N) is 1. The van der Waals surface area contributed by atoms with E-state index in [0.717, 1.165) is 12.5 Å². The second kappa shape index (κ2) is 5.92. The highest BCUT2D eigenvalue weighted by Gasteiger charge is 2.18. The molecule has 2 N–H and O–H groups in total. The van der Waals surface area contributed by atoms with Gasteiger partial charge in [0.2, 0.25) is 0 Å². The third kappa shape index (κ3) is 3.07. The van der Waals surface area contributed by atoms with E-state index in [0.29, 0.717) is 5.92 Å². The van der Waals surface area contributed by atoms with Crippen LogP contribution in [0.3, 0.4) is 0 Å². The van der Waals surface area contributed by atoms with E-state index in [1.165, 1.54) is 24.0 Å². The zero-order valence-corrected chi connectivity index (χ0v) is 10.2. The van der Waals surface area contributed by atoms with Crippen LogP contribution in [-0.2, 0) is 0 Å². The molecule has 0 radical (unpaired) electrons. The summed E-state index contributed by atoms with van der Waals surface area (Å²) in [6.45, 7) is 7.39. The molecule has 0 aliphatic rings. The zero-order chi connectivity index (χ0) is 11.3. The van der Waals surface area contributed by atoms with E-state index in [2.05, 4.69) is 45.0 Å². The summed E-state index contributed by atoms with van der Waals surface area (Å²) >= 11 is 0. The molecule has 0 heterocycles. The van der Waals surface area contributed by atoms with Crippen LogP contribution in [0.4, 0.5) is 0 Å². The van der Waals surface area contributed by atoms with Gasteiger partial charge in [0.25, 0.3) is 0 Å². The van der Waals surface area contributed by atoms with Crippen LogP contribution in [0.15, 0.2) is 24.3 Å². The van der Waals surface area contributed by atoms with Gasteiger partial charge in [-0.3, -0.25) is 0 Å². The fourth-order valence-electron chi connectivity index (χ4n) is 2.27. The molecule has 1 unspecified atom stereocenters. The van der Waals surface area contributed by atoms with Crippen LogP contribution >= 0.6 is 0 Å². The van der Waals surface area contributed by atoms with E-state index >= 15 is 0 Å². The fourth-order valence-corrected chi connectivity index (χ4v) is 2.27. The second-order valence-electron chi connectivity index (χ2n) is 4.33. The molecule has 0 saturated carbocycles. The lowest BCUT2D eigenvalue weighted by molar-refractivity contribution is 0.402. The van der Waals surface area contributed by atoms with Crippen LogP contribution < -0.4 is 5.73 Å². The van der Waals surface area contributed by atoms with Crippen LogP contribution in [0.2, 0.25) is 0 Å². The minimum Gasteiger partial charge on any atom is -0.330 e. The van der Waals surface area contributed by atoms with Crippen molar-refractivity contribution in [2.24, 2.45) is 11.7 Å². The molecule has 1 aromatic rings. The predicted molar refractivity (Wildman–Crippen MR) is 67.0 cm³/mol. The third-order valence-electron chi connectivity index (χ3n) is 3.38. The van der Waals surface area contributed by atoms with Crippen LogP contribution in [0.25, 0.3) is 0 Å². The van der Waals surface area contributed by atoms with Gasteiger partial charge in [-0.2, -0.15) is 0 Å². The van der Waals surface area contributed by atoms with Crippen molar-refractivity contribution in [3.63, 3.8) is 0 Å². The Labute approximate surface area is 93.7 Å². The number of rotatable bonds is 5. The highest BCUT2D eigenvalue weighted by atomic mass is 14.6. The minimum absolute atomic E-state index is 0.528. The summed E-state index contributed by atoms with van der Waals surface area (Å²) in [5.41, 5.74) is 8.61. The molecule has 1 atom stereocenters. The van der Waals surface area contributed by atoms with E-state index in [1.807, 2.05) is 0 Å². The van der Waals surface area contributed by atoms with E-state index in [4.69, 9.17) is 5.73 Å². The molecule has 1 aromatic carbocycles. The van der Waals surface area contributed by atoms with Crippen molar-refractivity contribution in [2.45, 2.75) is 39.5 Å². The number of hydrogen-bond donors (Lipinski definition) is 1. The minimum atomic E-state index is 0.528. The summed E-state index contributed by atoms with van der Waals surface area (Å²) in [4.78, 5) is 0. The average Bonchev–Trinajstić information content (AvgIpc) is 2.27. The first-order chi connectivity index (χ1) is 7.22. The molecule has 0 fully saturated rings. The van der Waals surface area contributed by atoms with Crippen molar-refractivity contribution >= 4 is 0 Å². The number of aryl methyl sites for hydroxylation is 1. The Kier molecular flexibility index (Phi) is 4.83. The summed E-state index contributed by atoms with van der Waals surface area (Å²) in [6.07, 6.45) is 2.43. The maximum Gasteiger partial charge on any atom is -0.000557 e. The van der Waals surface area contributed by atoms with Crippen LogP contribution in [0, 0.1) is 12.8 Å². The van der Waals surface area contributed by atoms with Gasteiger partial charge in [-0.1, -0.05) is 56.5 Å². The van der Waals surface area contributed by atoms with Crippen molar-refractivity contribution in [1.82, 2.24) is 0 Å². The topological polar surface area (TPSA) is 26.0 Å². The van der Waals surface area contributed by atoms with Crippen LogP contribution in [-0.4, -0.2) is 6.54 Å². The molecule has 0 saturated heterocycles.